The molecule has 9 N–H and O–H groups in total. The van der Waals surface area contributed by atoms with Gasteiger partial charge in [-0.25, -0.2) is 4.79 Å². The molecule has 29 nitrogen and oxygen atoms in total. The topological polar surface area (TPSA) is 379 Å². The lowest BCUT2D eigenvalue weighted by Crippen LogP contribution is -2.61. The Kier molecular flexibility index (Phi) is 39.2. The fourth-order valence-corrected chi connectivity index (χ4v) is 11.6. The van der Waals surface area contributed by atoms with Crippen LogP contribution in [0.1, 0.15) is 182 Å². The molecule has 0 bridgehead atoms. The molecule has 0 aromatic heterocycles. The highest BCUT2D eigenvalue weighted by Gasteiger charge is 2.43. The zero-order valence-electron chi connectivity index (χ0n) is 63.0. The van der Waals surface area contributed by atoms with Gasteiger partial charge in [0.05, 0.1) is 6.04 Å². The number of likely N-dealkylation sites (N-methyl/N-ethyl adjacent to an activating group) is 4. The predicted octanol–water partition coefficient (Wildman–Crippen LogP) is 1.92. The molecule has 1 aliphatic heterocycles. The van der Waals surface area contributed by atoms with E-state index in [0.717, 1.165) is 4.90 Å². The molecule has 13 amide bonds. The number of hydrogen-bond donors (Lipinski definition) is 9. The van der Waals surface area contributed by atoms with E-state index >= 15 is 0 Å². The van der Waals surface area contributed by atoms with Crippen LogP contribution in [-0.4, -0.2) is 230 Å². The number of hydrogen-bond acceptors (Lipinski definition) is 17. The van der Waals surface area contributed by atoms with Crippen LogP contribution in [0.15, 0.2) is 0 Å². The van der Waals surface area contributed by atoms with Crippen LogP contribution in [0.4, 0.5) is 0 Å². The van der Waals surface area contributed by atoms with Crippen molar-refractivity contribution in [3.05, 3.63) is 0 Å². The summed E-state index contributed by atoms with van der Waals surface area (Å²) in [7, 11) is 6.98. The zero-order chi connectivity index (χ0) is 75.3. The average molecular weight is 1390 g/mol. The summed E-state index contributed by atoms with van der Waals surface area (Å²) in [5.41, 5.74) is 0. The largest absolute Gasteiger partial charge is 0.458 e. The summed E-state index contributed by atoms with van der Waals surface area (Å²) in [4.78, 5) is 203. The number of nitrogens with zero attached hydrogens (tertiary/aromatic N) is 4. The number of ether oxygens (including phenoxy) is 2. The highest BCUT2D eigenvalue weighted by Crippen LogP contribution is 2.23. The molecule has 98 heavy (non-hydrogen) atoms. The van der Waals surface area contributed by atoms with Crippen LogP contribution in [-0.2, 0) is 76.6 Å². The molecule has 0 aromatic carbocycles. The number of nitrogens with one attached hydrogen (secondary N) is 9. The van der Waals surface area contributed by atoms with Crippen molar-refractivity contribution in [3.8, 4) is 0 Å². The third-order valence-corrected chi connectivity index (χ3v) is 18.0. The maximum atomic E-state index is 14.8. The Bertz CT molecular complexity index is 2690. The van der Waals surface area contributed by atoms with Crippen molar-refractivity contribution < 1.29 is 76.6 Å². The van der Waals surface area contributed by atoms with Crippen LogP contribution in [0.5, 0.6) is 0 Å². The smallest absolute Gasteiger partial charge is 0.329 e. The summed E-state index contributed by atoms with van der Waals surface area (Å²) in [6, 6.07) is -12.1. The molecular formula is C69H123N13O16. The van der Waals surface area contributed by atoms with Crippen molar-refractivity contribution in [2.45, 2.75) is 249 Å². The summed E-state index contributed by atoms with van der Waals surface area (Å²) in [5, 5.41) is 24.5. The van der Waals surface area contributed by atoms with Crippen molar-refractivity contribution >= 4 is 82.8 Å². The first-order valence-corrected chi connectivity index (χ1v) is 35.0. The van der Waals surface area contributed by atoms with Gasteiger partial charge in [0.1, 0.15) is 67.1 Å². The molecule has 1 rings (SSSR count). The van der Waals surface area contributed by atoms with E-state index in [2.05, 4.69) is 47.9 Å². The summed E-state index contributed by atoms with van der Waals surface area (Å²) >= 11 is 0. The second-order valence-electron chi connectivity index (χ2n) is 28.4. The van der Waals surface area contributed by atoms with Gasteiger partial charge in [0.15, 0.2) is 0 Å². The monoisotopic (exact) mass is 1390 g/mol. The van der Waals surface area contributed by atoms with Crippen LogP contribution >= 0.6 is 0 Å². The van der Waals surface area contributed by atoms with Crippen molar-refractivity contribution in [1.29, 1.82) is 0 Å². The molecule has 560 valence electrons. The predicted molar refractivity (Wildman–Crippen MR) is 370 cm³/mol. The highest BCUT2D eigenvalue weighted by atomic mass is 16.5. The Balaban J connectivity index is 4.14. The summed E-state index contributed by atoms with van der Waals surface area (Å²) in [5.74, 6) is -12.7. The lowest BCUT2D eigenvalue weighted by molar-refractivity contribution is -0.163. The van der Waals surface area contributed by atoms with E-state index in [1.54, 1.807) is 69.2 Å². The first-order chi connectivity index (χ1) is 45.6. The molecule has 0 spiro atoms. The highest BCUT2D eigenvalue weighted by molar-refractivity contribution is 6.01. The van der Waals surface area contributed by atoms with Crippen LogP contribution in [0.25, 0.3) is 0 Å². The van der Waals surface area contributed by atoms with Crippen molar-refractivity contribution in [3.63, 3.8) is 0 Å². The zero-order valence-corrected chi connectivity index (χ0v) is 63.0. The van der Waals surface area contributed by atoms with Gasteiger partial charge >= 0.3 is 5.97 Å². The number of methoxy groups -OCH3 is 1. The second kappa shape index (κ2) is 43.3. The minimum atomic E-state index is -1.72. The summed E-state index contributed by atoms with van der Waals surface area (Å²) in [6.07, 6.45) is -0.863. The summed E-state index contributed by atoms with van der Waals surface area (Å²) in [6.45, 7) is 30.3. The van der Waals surface area contributed by atoms with E-state index in [9.17, 15) is 67.1 Å². The maximum absolute atomic E-state index is 14.8. The Morgan fingerprint density at radius 2 is 1.03 bits per heavy atom. The van der Waals surface area contributed by atoms with Gasteiger partial charge < -0.3 is 71.6 Å². The number of esters is 1. The molecule has 0 aromatic rings. The minimum absolute atomic E-state index is 0.0422. The molecule has 0 saturated carbocycles. The molecule has 0 radical (unpaired) electrons. The Morgan fingerprint density at radius 3 is 1.54 bits per heavy atom. The van der Waals surface area contributed by atoms with Gasteiger partial charge in [0.2, 0.25) is 76.8 Å². The number of rotatable bonds is 21. The lowest BCUT2D eigenvalue weighted by atomic mass is 9.94. The Morgan fingerprint density at radius 1 is 0.541 bits per heavy atom. The molecule has 1 fully saturated rings. The number of imide groups is 1. The van der Waals surface area contributed by atoms with E-state index in [4.69, 9.17) is 9.47 Å². The average Bonchev–Trinajstić information content (AvgIpc) is 0.831. The first kappa shape index (κ1) is 88.7. The van der Waals surface area contributed by atoms with Crippen LogP contribution < -0.4 is 47.9 Å². The molecule has 29 heteroatoms. The fourth-order valence-electron chi connectivity index (χ4n) is 11.6. The van der Waals surface area contributed by atoms with Gasteiger partial charge in [0.25, 0.3) is 0 Å². The van der Waals surface area contributed by atoms with E-state index in [1.165, 1.54) is 63.8 Å². The third kappa shape index (κ3) is 28.1. The van der Waals surface area contributed by atoms with Gasteiger partial charge in [-0.3, -0.25) is 67.6 Å². The van der Waals surface area contributed by atoms with E-state index in [1.807, 2.05) is 41.5 Å². The lowest BCUT2D eigenvalue weighted by Gasteiger charge is -2.37. The van der Waals surface area contributed by atoms with Gasteiger partial charge in [-0.2, -0.15) is 0 Å². The van der Waals surface area contributed by atoms with E-state index < -0.39 is 185 Å². The maximum Gasteiger partial charge on any atom is 0.329 e. The fraction of sp³-hybridized carbons (Fsp3) is 0.797. The quantitative estimate of drug-likeness (QED) is 0.0585. The van der Waals surface area contributed by atoms with Gasteiger partial charge in [0, 0.05) is 74.2 Å². The number of carbonyl (C=O) groups is 14. The first-order valence-electron chi connectivity index (χ1n) is 35.0. The van der Waals surface area contributed by atoms with Gasteiger partial charge in [-0.05, 0) is 80.5 Å². The van der Waals surface area contributed by atoms with E-state index in [-0.39, 0.29) is 76.1 Å². The van der Waals surface area contributed by atoms with Crippen LogP contribution in [0, 0.1) is 47.3 Å². The molecular weight excluding hydrogens is 1270 g/mol. The second-order valence-corrected chi connectivity index (χ2v) is 28.4. The molecule has 0 aliphatic carbocycles. The van der Waals surface area contributed by atoms with Crippen LogP contribution in [0.2, 0.25) is 0 Å². The van der Waals surface area contributed by atoms with E-state index in [0.29, 0.717) is 19.3 Å². The van der Waals surface area contributed by atoms with Crippen molar-refractivity contribution in [2.75, 3.05) is 61.5 Å². The van der Waals surface area contributed by atoms with Crippen molar-refractivity contribution in [1.82, 2.24) is 67.5 Å². The van der Waals surface area contributed by atoms with Crippen molar-refractivity contribution in [2.24, 2.45) is 47.3 Å². The van der Waals surface area contributed by atoms with Crippen LogP contribution in [0.3, 0.4) is 0 Å². The number of carbonyl (C=O) groups excluding carboxylic acids is 14. The molecule has 1 aliphatic rings. The Labute approximate surface area is 582 Å². The molecule has 1 heterocycles. The number of cyclic esters (lactones) is 1. The minimum Gasteiger partial charge on any atom is -0.458 e. The van der Waals surface area contributed by atoms with Gasteiger partial charge in [-0.1, -0.05) is 130 Å². The molecule has 14 atom stereocenters. The SMILES string of the molecule is CCC(C)[C@H]1C(=O)NCCC(=O)N[C@H](C(C)CC)C(=O)N(C)[C@@H](C(C)C)C(=O)N(C)[C@@H](C)C(=O)NC(=O)CCN[C@H](CC(C)C)C(=O)N(C)[C@H](C(C)CC)C(=O)O[C@H](C)[C@H](NC(=O)[C@@H](CC(C)C)NC(=O)[C@@H](NC(=O)COC)C(C)C)C(=O)NCCC(=O)N[C@H](CC(C)C)C(=O)N1C. The standard InChI is InChI=1S/C69H123N13O16/c1-24-42(14)55-67(94)80(20)57(41(12)13)68(95)79(19)45(17)60(87)77-52(85)27-30-70-48(34-38(6)7)65(92)82(22)59(44(16)26-3)69(96)98-46(18)56(78-61(88)47(33-37(4)5)74-63(90)54(40(10)11)76-53(86)36-97-23)62(89)71-31-28-50(83)73-49(35-39(8)9)66(93)81(21)58(43(15)25-2)64(91)72-32-29-51(84)75-55/h37-49,54-59,70H,24-36H2,1-23H3,(H,71,89)(H,72,91)(H,73,83)(H,74,90)(H,75,84)(H,76,86)(H,78,88)(H,77,85,87)/t42?,43?,44?,45-,46+,47+,48+,49+,54-,55+,56-,57-,58-,59+/m0/s1. The third-order valence-electron chi connectivity index (χ3n) is 18.0. The Hall–Kier alpha value is -7.30. The summed E-state index contributed by atoms with van der Waals surface area (Å²) < 4.78 is 11.0. The molecule has 3 unspecified atom stereocenters. The number of amides is 13. The molecule has 1 saturated heterocycles. The normalized spacial score (nSPS) is 25.0. The van der Waals surface area contributed by atoms with Gasteiger partial charge in [-0.15, -0.1) is 0 Å².